The SMILES string of the molecule is CCCCCCCCCCCCCCCC(=O)O[C@@H](COC(=O)CCCCCCCCC)COC(=O)CCCCCCCCCCCC(C)C. The first kappa shape index (κ1) is 48.4. The molecule has 0 aromatic heterocycles. The summed E-state index contributed by atoms with van der Waals surface area (Å²) < 4.78 is 16.6. The van der Waals surface area contributed by atoms with E-state index in [0.29, 0.717) is 19.3 Å². The van der Waals surface area contributed by atoms with Crippen LogP contribution in [0.25, 0.3) is 0 Å². The van der Waals surface area contributed by atoms with Gasteiger partial charge in [0.15, 0.2) is 6.10 Å². The van der Waals surface area contributed by atoms with E-state index in [1.165, 1.54) is 135 Å². The normalized spacial score (nSPS) is 11.9. The van der Waals surface area contributed by atoms with Crippen molar-refractivity contribution in [3.8, 4) is 0 Å². The third-order valence-electron chi connectivity index (χ3n) is 9.79. The molecule has 1 atom stereocenters. The summed E-state index contributed by atoms with van der Waals surface area (Å²) in [7, 11) is 0. The van der Waals surface area contributed by atoms with Crippen LogP contribution in [-0.2, 0) is 28.6 Å². The molecule has 0 aliphatic heterocycles. The molecule has 0 aliphatic carbocycles. The van der Waals surface area contributed by atoms with Crippen LogP contribution in [0.5, 0.6) is 0 Å². The summed E-state index contributed by atoms with van der Waals surface area (Å²) in [4.78, 5) is 37.5. The maximum Gasteiger partial charge on any atom is 0.306 e. The lowest BCUT2D eigenvalue weighted by Crippen LogP contribution is -2.30. The molecule has 0 radical (unpaired) electrons. The predicted molar refractivity (Wildman–Crippen MR) is 210 cm³/mol. The highest BCUT2D eigenvalue weighted by atomic mass is 16.6. The maximum absolute atomic E-state index is 12.7. The Morgan fingerprint density at radius 1 is 0.380 bits per heavy atom. The second-order valence-electron chi connectivity index (χ2n) is 15.5. The van der Waals surface area contributed by atoms with Gasteiger partial charge in [0, 0.05) is 19.3 Å². The van der Waals surface area contributed by atoms with Crippen LogP contribution in [-0.4, -0.2) is 37.2 Å². The summed E-state index contributed by atoms with van der Waals surface area (Å²) in [5, 5.41) is 0. The van der Waals surface area contributed by atoms with Gasteiger partial charge in [-0.3, -0.25) is 14.4 Å². The number of hydrogen-bond acceptors (Lipinski definition) is 6. The Morgan fingerprint density at radius 2 is 0.660 bits per heavy atom. The van der Waals surface area contributed by atoms with Crippen molar-refractivity contribution in [1.82, 2.24) is 0 Å². The van der Waals surface area contributed by atoms with Crippen molar-refractivity contribution in [2.24, 2.45) is 5.92 Å². The van der Waals surface area contributed by atoms with E-state index >= 15 is 0 Å². The standard InChI is InChI=1S/C44H84O6/c1-5-7-9-11-13-14-15-16-17-20-25-29-33-37-44(47)50-41(38-48-42(45)35-31-27-22-12-10-8-6-2)39-49-43(46)36-32-28-24-21-18-19-23-26-30-34-40(3)4/h40-41H,5-39H2,1-4H3/t41-/m0/s1. The molecule has 0 fully saturated rings. The first-order valence-electron chi connectivity index (χ1n) is 21.9. The van der Waals surface area contributed by atoms with E-state index < -0.39 is 6.10 Å². The van der Waals surface area contributed by atoms with Crippen LogP contribution in [0.3, 0.4) is 0 Å². The van der Waals surface area contributed by atoms with Gasteiger partial charge in [-0.15, -0.1) is 0 Å². The van der Waals surface area contributed by atoms with Gasteiger partial charge in [0.1, 0.15) is 13.2 Å². The second kappa shape index (κ2) is 38.6. The quantitative estimate of drug-likeness (QED) is 0.0359. The third kappa shape index (κ3) is 37.7. The fourth-order valence-corrected chi connectivity index (χ4v) is 6.45. The third-order valence-corrected chi connectivity index (χ3v) is 9.79. The van der Waals surface area contributed by atoms with Gasteiger partial charge in [-0.1, -0.05) is 201 Å². The van der Waals surface area contributed by atoms with Crippen molar-refractivity contribution in [1.29, 1.82) is 0 Å². The van der Waals surface area contributed by atoms with E-state index in [-0.39, 0.29) is 31.1 Å². The molecule has 0 aromatic rings. The zero-order valence-electron chi connectivity index (χ0n) is 33.9. The Hall–Kier alpha value is -1.59. The summed E-state index contributed by atoms with van der Waals surface area (Å²) in [5.74, 6) is -0.0549. The van der Waals surface area contributed by atoms with E-state index in [4.69, 9.17) is 14.2 Å². The molecule has 6 nitrogen and oxygen atoms in total. The fourth-order valence-electron chi connectivity index (χ4n) is 6.45. The molecule has 296 valence electrons. The van der Waals surface area contributed by atoms with Crippen LogP contribution in [0, 0.1) is 5.92 Å². The summed E-state index contributed by atoms with van der Waals surface area (Å²) in [6.45, 7) is 8.93. The summed E-state index contributed by atoms with van der Waals surface area (Å²) in [6.07, 6.45) is 36.7. The van der Waals surface area contributed by atoms with Crippen LogP contribution >= 0.6 is 0 Å². The molecule has 0 saturated heterocycles. The molecule has 0 unspecified atom stereocenters. The van der Waals surface area contributed by atoms with Gasteiger partial charge in [0.25, 0.3) is 0 Å². The molecule has 6 heteroatoms. The van der Waals surface area contributed by atoms with Gasteiger partial charge in [-0.25, -0.2) is 0 Å². The molecule has 0 rings (SSSR count). The molecular weight excluding hydrogens is 624 g/mol. The van der Waals surface area contributed by atoms with Crippen molar-refractivity contribution >= 4 is 17.9 Å². The lowest BCUT2D eigenvalue weighted by molar-refractivity contribution is -0.167. The first-order valence-corrected chi connectivity index (χ1v) is 21.9. The Balaban J connectivity index is 4.29. The molecule has 0 aliphatic rings. The molecule has 0 N–H and O–H groups in total. The highest BCUT2D eigenvalue weighted by Crippen LogP contribution is 2.16. The van der Waals surface area contributed by atoms with Crippen molar-refractivity contribution in [3.63, 3.8) is 0 Å². The van der Waals surface area contributed by atoms with Crippen molar-refractivity contribution in [2.75, 3.05) is 13.2 Å². The summed E-state index contributed by atoms with van der Waals surface area (Å²) in [6, 6.07) is 0. The molecule has 0 bridgehead atoms. The smallest absolute Gasteiger partial charge is 0.306 e. The van der Waals surface area contributed by atoms with Crippen LogP contribution in [0.2, 0.25) is 0 Å². The first-order chi connectivity index (χ1) is 24.4. The minimum absolute atomic E-state index is 0.0648. The maximum atomic E-state index is 12.7. The zero-order chi connectivity index (χ0) is 36.8. The number of esters is 3. The molecular formula is C44H84O6. The largest absolute Gasteiger partial charge is 0.462 e. The van der Waals surface area contributed by atoms with Crippen molar-refractivity contribution < 1.29 is 28.6 Å². The lowest BCUT2D eigenvalue weighted by Gasteiger charge is -2.18. The monoisotopic (exact) mass is 709 g/mol. The van der Waals surface area contributed by atoms with E-state index in [2.05, 4.69) is 27.7 Å². The molecule has 0 spiro atoms. The number of ether oxygens (including phenoxy) is 3. The Kier molecular flexibility index (Phi) is 37.4. The van der Waals surface area contributed by atoms with E-state index in [0.717, 1.165) is 63.7 Å². The van der Waals surface area contributed by atoms with E-state index in [1.54, 1.807) is 0 Å². The average Bonchev–Trinajstić information content (AvgIpc) is 3.09. The Morgan fingerprint density at radius 3 is 0.980 bits per heavy atom. The summed E-state index contributed by atoms with van der Waals surface area (Å²) in [5.41, 5.74) is 0. The van der Waals surface area contributed by atoms with Gasteiger partial charge in [0.2, 0.25) is 0 Å². The van der Waals surface area contributed by atoms with Crippen LogP contribution in [0.15, 0.2) is 0 Å². The molecule has 0 aromatic carbocycles. The van der Waals surface area contributed by atoms with Crippen molar-refractivity contribution in [3.05, 3.63) is 0 Å². The zero-order valence-corrected chi connectivity index (χ0v) is 33.9. The fraction of sp³-hybridized carbons (Fsp3) is 0.932. The number of rotatable bonds is 39. The number of carbonyl (C=O) groups is 3. The van der Waals surface area contributed by atoms with Crippen molar-refractivity contribution in [2.45, 2.75) is 246 Å². The van der Waals surface area contributed by atoms with E-state index in [1.807, 2.05) is 0 Å². The highest BCUT2D eigenvalue weighted by Gasteiger charge is 2.19. The molecule has 0 saturated carbocycles. The lowest BCUT2D eigenvalue weighted by atomic mass is 10.0. The average molecular weight is 709 g/mol. The summed E-state index contributed by atoms with van der Waals surface area (Å²) >= 11 is 0. The minimum Gasteiger partial charge on any atom is -0.462 e. The Labute approximate surface area is 310 Å². The molecule has 0 heterocycles. The van der Waals surface area contributed by atoms with Crippen LogP contribution in [0.4, 0.5) is 0 Å². The van der Waals surface area contributed by atoms with Gasteiger partial charge in [0.05, 0.1) is 0 Å². The number of hydrogen-bond donors (Lipinski definition) is 0. The highest BCUT2D eigenvalue weighted by molar-refractivity contribution is 5.71. The number of carbonyl (C=O) groups excluding carboxylic acids is 3. The molecule has 50 heavy (non-hydrogen) atoms. The molecule has 0 amide bonds. The van der Waals surface area contributed by atoms with Gasteiger partial charge in [-0.05, 0) is 25.2 Å². The van der Waals surface area contributed by atoms with Gasteiger partial charge < -0.3 is 14.2 Å². The van der Waals surface area contributed by atoms with Gasteiger partial charge in [-0.2, -0.15) is 0 Å². The predicted octanol–water partition coefficient (Wildman–Crippen LogP) is 13.6. The van der Waals surface area contributed by atoms with Crippen LogP contribution in [0.1, 0.15) is 240 Å². The Bertz CT molecular complexity index is 751. The van der Waals surface area contributed by atoms with Crippen LogP contribution < -0.4 is 0 Å². The number of unbranched alkanes of at least 4 members (excludes halogenated alkanes) is 26. The second-order valence-corrected chi connectivity index (χ2v) is 15.5. The van der Waals surface area contributed by atoms with E-state index in [9.17, 15) is 14.4 Å². The minimum atomic E-state index is -0.757. The van der Waals surface area contributed by atoms with Gasteiger partial charge >= 0.3 is 17.9 Å². The topological polar surface area (TPSA) is 78.9 Å².